The van der Waals surface area contributed by atoms with Gasteiger partial charge in [0.15, 0.2) is 5.75 Å². The molecule has 114 valence electrons. The summed E-state index contributed by atoms with van der Waals surface area (Å²) in [5, 5.41) is 7.09. The number of alkyl halides is 3. The van der Waals surface area contributed by atoms with Crippen LogP contribution in [0.5, 0.6) is 5.75 Å². The summed E-state index contributed by atoms with van der Waals surface area (Å²) in [6, 6.07) is 1.93. The number of nitrogens with one attached hydrogen (secondary N) is 1. The second-order valence-electron chi connectivity index (χ2n) is 4.41. The van der Waals surface area contributed by atoms with E-state index < -0.39 is 17.8 Å². The minimum Gasteiger partial charge on any atom is -0.493 e. The maximum Gasteiger partial charge on any atom is 0.417 e. The molecule has 0 saturated carbocycles. The van der Waals surface area contributed by atoms with E-state index in [9.17, 15) is 13.2 Å². The zero-order chi connectivity index (χ0) is 15.6. The number of ether oxygens (including phenoxy) is 1. The molecule has 5 nitrogen and oxygen atoms in total. The molecular weight excluding hydrogens is 285 g/mol. The third-order valence-electron chi connectivity index (χ3n) is 3.14. The minimum atomic E-state index is -4.40. The molecule has 0 bridgehead atoms. The van der Waals surface area contributed by atoms with Gasteiger partial charge in [-0.25, -0.2) is 0 Å². The van der Waals surface area contributed by atoms with E-state index >= 15 is 0 Å². The van der Waals surface area contributed by atoms with Crippen molar-refractivity contribution < 1.29 is 17.9 Å². The smallest absolute Gasteiger partial charge is 0.417 e. The molecule has 8 heteroatoms. The van der Waals surface area contributed by atoms with E-state index in [2.05, 4.69) is 15.4 Å². The molecule has 21 heavy (non-hydrogen) atoms. The zero-order valence-corrected chi connectivity index (χ0v) is 11.8. The van der Waals surface area contributed by atoms with Gasteiger partial charge in [0.2, 0.25) is 0 Å². The molecule has 0 saturated heterocycles. The average Bonchev–Trinajstić information content (AvgIpc) is 2.81. The Balaban J connectivity index is 2.40. The Morgan fingerprint density at radius 1 is 1.29 bits per heavy atom. The zero-order valence-electron chi connectivity index (χ0n) is 11.8. The van der Waals surface area contributed by atoms with Gasteiger partial charge in [-0.3, -0.25) is 9.67 Å². The van der Waals surface area contributed by atoms with Crippen LogP contribution in [0.15, 0.2) is 24.5 Å². The number of rotatable bonds is 4. The van der Waals surface area contributed by atoms with Crippen molar-refractivity contribution in [1.29, 1.82) is 0 Å². The van der Waals surface area contributed by atoms with Crippen LogP contribution in [0.4, 0.5) is 13.2 Å². The summed E-state index contributed by atoms with van der Waals surface area (Å²) in [6.45, 7) is 0. The first-order chi connectivity index (χ1) is 9.88. The molecule has 0 aliphatic heterocycles. The molecule has 0 amide bonds. The predicted molar refractivity (Wildman–Crippen MR) is 69.9 cm³/mol. The lowest BCUT2D eigenvalue weighted by Crippen LogP contribution is -2.22. The highest BCUT2D eigenvalue weighted by Crippen LogP contribution is 2.31. The third-order valence-corrected chi connectivity index (χ3v) is 3.14. The SMILES string of the molecule is CNC(c1ccc(C(F)(F)F)cn1)c1c(OC)cnn1C. The highest BCUT2D eigenvalue weighted by atomic mass is 19.4. The van der Waals surface area contributed by atoms with Gasteiger partial charge in [-0.05, 0) is 19.2 Å². The van der Waals surface area contributed by atoms with Crippen LogP contribution in [0.3, 0.4) is 0 Å². The molecule has 0 spiro atoms. The van der Waals surface area contributed by atoms with E-state index in [-0.39, 0.29) is 0 Å². The van der Waals surface area contributed by atoms with E-state index in [1.54, 1.807) is 25.0 Å². The van der Waals surface area contributed by atoms with Gasteiger partial charge in [0, 0.05) is 13.2 Å². The lowest BCUT2D eigenvalue weighted by atomic mass is 10.1. The quantitative estimate of drug-likeness (QED) is 0.940. The molecule has 0 aromatic carbocycles. The van der Waals surface area contributed by atoms with Crippen LogP contribution in [0.2, 0.25) is 0 Å². The van der Waals surface area contributed by atoms with Gasteiger partial charge in [-0.15, -0.1) is 0 Å². The van der Waals surface area contributed by atoms with Gasteiger partial charge in [-0.1, -0.05) is 0 Å². The van der Waals surface area contributed by atoms with Gasteiger partial charge in [0.1, 0.15) is 5.69 Å². The molecule has 2 rings (SSSR count). The van der Waals surface area contributed by atoms with Crippen LogP contribution in [0.25, 0.3) is 0 Å². The van der Waals surface area contributed by atoms with Crippen molar-refractivity contribution in [3.8, 4) is 5.75 Å². The Kier molecular flexibility index (Phi) is 4.17. The third kappa shape index (κ3) is 2.99. The summed E-state index contributed by atoms with van der Waals surface area (Å²) in [6.07, 6.45) is -2.03. The Morgan fingerprint density at radius 2 is 2.00 bits per heavy atom. The Bertz CT molecular complexity index is 607. The van der Waals surface area contributed by atoms with E-state index in [1.165, 1.54) is 13.2 Å². The highest BCUT2D eigenvalue weighted by molar-refractivity contribution is 5.34. The van der Waals surface area contributed by atoms with Gasteiger partial charge < -0.3 is 10.1 Å². The van der Waals surface area contributed by atoms with Crippen molar-refractivity contribution in [2.75, 3.05) is 14.2 Å². The van der Waals surface area contributed by atoms with Crippen LogP contribution in [0.1, 0.15) is 23.0 Å². The normalized spacial score (nSPS) is 13.2. The summed E-state index contributed by atoms with van der Waals surface area (Å²) in [4.78, 5) is 3.91. The molecule has 0 aliphatic carbocycles. The first-order valence-electron chi connectivity index (χ1n) is 6.14. The minimum absolute atomic E-state index is 0.422. The molecule has 1 unspecified atom stereocenters. The van der Waals surface area contributed by atoms with E-state index in [0.29, 0.717) is 17.1 Å². The molecule has 0 aliphatic rings. The van der Waals surface area contributed by atoms with Gasteiger partial charge in [0.05, 0.1) is 30.6 Å². The molecule has 1 N–H and O–H groups in total. The molecule has 2 aromatic rings. The average molecular weight is 300 g/mol. The first-order valence-corrected chi connectivity index (χ1v) is 6.14. The van der Waals surface area contributed by atoms with Gasteiger partial charge >= 0.3 is 6.18 Å². The number of pyridine rings is 1. The van der Waals surface area contributed by atoms with Gasteiger partial charge in [-0.2, -0.15) is 18.3 Å². The number of aromatic nitrogens is 3. The monoisotopic (exact) mass is 300 g/mol. The fourth-order valence-electron chi connectivity index (χ4n) is 2.08. The van der Waals surface area contributed by atoms with Crippen LogP contribution in [-0.2, 0) is 13.2 Å². The first kappa shape index (κ1) is 15.3. The molecular formula is C13H15F3N4O. The standard InChI is InChI=1S/C13H15F3N4O/c1-17-11(12-10(21-3)7-19-20(12)2)9-5-4-8(6-18-9)13(14,15)16/h4-7,11,17H,1-3H3. The predicted octanol–water partition coefficient (Wildman–Crippen LogP) is 2.15. The molecule has 2 aromatic heterocycles. The summed E-state index contributed by atoms with van der Waals surface area (Å²) in [5.74, 6) is 0.540. The number of nitrogens with zero attached hydrogens (tertiary/aromatic N) is 3. The number of methoxy groups -OCH3 is 1. The van der Waals surface area contributed by atoms with Crippen LogP contribution in [0, 0.1) is 0 Å². The Morgan fingerprint density at radius 3 is 2.48 bits per heavy atom. The summed E-state index contributed by atoms with van der Waals surface area (Å²) < 4.78 is 44.5. The maximum atomic E-state index is 12.6. The van der Waals surface area contributed by atoms with Crippen LogP contribution >= 0.6 is 0 Å². The summed E-state index contributed by atoms with van der Waals surface area (Å²) in [7, 11) is 4.93. The fourth-order valence-corrected chi connectivity index (χ4v) is 2.08. The maximum absolute atomic E-state index is 12.6. The second kappa shape index (κ2) is 5.72. The lowest BCUT2D eigenvalue weighted by Gasteiger charge is -2.18. The van der Waals surface area contributed by atoms with Crippen LogP contribution < -0.4 is 10.1 Å². The van der Waals surface area contributed by atoms with Crippen molar-refractivity contribution >= 4 is 0 Å². The molecule has 0 radical (unpaired) electrons. The molecule has 0 fully saturated rings. The van der Waals surface area contributed by atoms with Crippen LogP contribution in [-0.4, -0.2) is 28.9 Å². The largest absolute Gasteiger partial charge is 0.493 e. The van der Waals surface area contributed by atoms with Crippen molar-refractivity contribution in [3.05, 3.63) is 41.5 Å². The Labute approximate surface area is 119 Å². The molecule has 2 heterocycles. The van der Waals surface area contributed by atoms with E-state index in [1.807, 2.05) is 0 Å². The van der Waals surface area contributed by atoms with Gasteiger partial charge in [0.25, 0.3) is 0 Å². The Hall–Kier alpha value is -2.09. The fraction of sp³-hybridized carbons (Fsp3) is 0.385. The number of aryl methyl sites for hydroxylation is 1. The summed E-state index contributed by atoms with van der Waals surface area (Å²) >= 11 is 0. The van der Waals surface area contributed by atoms with E-state index in [4.69, 9.17) is 4.74 Å². The van der Waals surface area contributed by atoms with Crippen molar-refractivity contribution in [2.24, 2.45) is 7.05 Å². The lowest BCUT2D eigenvalue weighted by molar-refractivity contribution is -0.137. The van der Waals surface area contributed by atoms with E-state index in [0.717, 1.165) is 12.3 Å². The topological polar surface area (TPSA) is 52.0 Å². The number of hydrogen-bond donors (Lipinski definition) is 1. The molecule has 1 atom stereocenters. The second-order valence-corrected chi connectivity index (χ2v) is 4.41. The summed E-state index contributed by atoms with van der Waals surface area (Å²) in [5.41, 5.74) is 0.359. The highest BCUT2D eigenvalue weighted by Gasteiger charge is 2.31. The van der Waals surface area contributed by atoms with Crippen molar-refractivity contribution in [3.63, 3.8) is 0 Å². The van der Waals surface area contributed by atoms with Crippen molar-refractivity contribution in [2.45, 2.75) is 12.2 Å². The number of halogens is 3. The number of hydrogen-bond acceptors (Lipinski definition) is 4. The van der Waals surface area contributed by atoms with Crippen molar-refractivity contribution in [1.82, 2.24) is 20.1 Å².